The largest absolute Gasteiger partial charge is 0.486 e. The highest BCUT2D eigenvalue weighted by atomic mass is 19.1. The lowest BCUT2D eigenvalue weighted by Gasteiger charge is -2.21. The first kappa shape index (κ1) is 13.6. The Hall–Kier alpha value is -2.34. The summed E-state index contributed by atoms with van der Waals surface area (Å²) in [6, 6.07) is 6.61. The Labute approximate surface area is 120 Å². The van der Waals surface area contributed by atoms with Gasteiger partial charge in [-0.05, 0) is 24.3 Å². The molecule has 0 amide bonds. The molecule has 2 aromatic rings. The van der Waals surface area contributed by atoms with Gasteiger partial charge in [0.05, 0.1) is 6.61 Å². The van der Waals surface area contributed by atoms with E-state index in [2.05, 4.69) is 0 Å². The molecule has 21 heavy (non-hydrogen) atoms. The Bertz CT molecular complexity index is 676. The van der Waals surface area contributed by atoms with Crippen molar-refractivity contribution in [1.29, 1.82) is 0 Å². The average Bonchev–Trinajstić information content (AvgIpc) is 2.46. The van der Waals surface area contributed by atoms with Crippen LogP contribution in [0.15, 0.2) is 30.3 Å². The van der Waals surface area contributed by atoms with Crippen LogP contribution in [0.2, 0.25) is 0 Å². The van der Waals surface area contributed by atoms with E-state index >= 15 is 0 Å². The molecule has 0 aromatic heterocycles. The van der Waals surface area contributed by atoms with Crippen molar-refractivity contribution in [2.24, 2.45) is 0 Å². The summed E-state index contributed by atoms with van der Waals surface area (Å²) < 4.78 is 42.4. The van der Waals surface area contributed by atoms with Crippen LogP contribution in [-0.4, -0.2) is 6.79 Å². The van der Waals surface area contributed by atoms with Crippen LogP contribution < -0.4 is 15.2 Å². The maximum atomic E-state index is 13.5. The number of ether oxygens (including phenoxy) is 3. The highest BCUT2D eigenvalue weighted by molar-refractivity contribution is 5.53. The summed E-state index contributed by atoms with van der Waals surface area (Å²) in [5, 5.41) is 0. The van der Waals surface area contributed by atoms with E-state index < -0.39 is 11.6 Å². The quantitative estimate of drug-likeness (QED) is 0.884. The van der Waals surface area contributed by atoms with Crippen LogP contribution in [0, 0.1) is 11.6 Å². The molecule has 1 aliphatic rings. The van der Waals surface area contributed by atoms with E-state index in [9.17, 15) is 8.78 Å². The summed E-state index contributed by atoms with van der Waals surface area (Å²) in [4.78, 5) is 0. The summed E-state index contributed by atoms with van der Waals surface area (Å²) in [5.74, 6) is -0.795. The molecule has 110 valence electrons. The van der Waals surface area contributed by atoms with Gasteiger partial charge in [-0.15, -0.1) is 0 Å². The molecule has 0 radical (unpaired) electrons. The second kappa shape index (κ2) is 5.57. The van der Waals surface area contributed by atoms with Gasteiger partial charge in [0.25, 0.3) is 0 Å². The number of anilines is 1. The van der Waals surface area contributed by atoms with Crippen LogP contribution in [-0.2, 0) is 18.0 Å². The Kier molecular flexibility index (Phi) is 3.62. The Balaban J connectivity index is 1.83. The van der Waals surface area contributed by atoms with Gasteiger partial charge in [-0.3, -0.25) is 0 Å². The van der Waals surface area contributed by atoms with Crippen LogP contribution in [0.4, 0.5) is 14.5 Å². The first-order valence-corrected chi connectivity index (χ1v) is 6.33. The lowest BCUT2D eigenvalue weighted by molar-refractivity contribution is -0.0175. The Morgan fingerprint density at radius 3 is 2.86 bits per heavy atom. The van der Waals surface area contributed by atoms with E-state index in [1.807, 2.05) is 0 Å². The van der Waals surface area contributed by atoms with Crippen molar-refractivity contribution in [3.63, 3.8) is 0 Å². The summed E-state index contributed by atoms with van der Waals surface area (Å²) in [5.41, 5.74) is 7.86. The maximum Gasteiger partial charge on any atom is 0.189 e. The molecule has 2 aromatic carbocycles. The minimum Gasteiger partial charge on any atom is -0.486 e. The monoisotopic (exact) mass is 293 g/mol. The summed E-state index contributed by atoms with van der Waals surface area (Å²) >= 11 is 0. The first-order valence-electron chi connectivity index (χ1n) is 6.33. The third-order valence-electron chi connectivity index (χ3n) is 3.09. The molecular weight excluding hydrogens is 280 g/mol. The molecule has 0 saturated carbocycles. The van der Waals surface area contributed by atoms with Crippen molar-refractivity contribution < 1.29 is 23.0 Å². The van der Waals surface area contributed by atoms with Gasteiger partial charge in [0.15, 0.2) is 18.4 Å². The lowest BCUT2D eigenvalue weighted by atomic mass is 10.1. The molecule has 0 bridgehead atoms. The van der Waals surface area contributed by atoms with Crippen molar-refractivity contribution in [2.75, 3.05) is 12.5 Å². The number of nitrogens with two attached hydrogens (primary N) is 1. The van der Waals surface area contributed by atoms with Crippen LogP contribution >= 0.6 is 0 Å². The molecule has 6 heteroatoms. The van der Waals surface area contributed by atoms with Crippen molar-refractivity contribution in [3.8, 4) is 11.5 Å². The topological polar surface area (TPSA) is 53.7 Å². The lowest BCUT2D eigenvalue weighted by Crippen LogP contribution is -2.14. The van der Waals surface area contributed by atoms with Crippen LogP contribution in [0.5, 0.6) is 11.5 Å². The molecular formula is C15H13F2NO3. The number of rotatable bonds is 3. The van der Waals surface area contributed by atoms with E-state index in [0.29, 0.717) is 23.6 Å². The summed E-state index contributed by atoms with van der Waals surface area (Å²) in [7, 11) is 0. The van der Waals surface area contributed by atoms with E-state index in [-0.39, 0.29) is 19.1 Å². The van der Waals surface area contributed by atoms with Crippen LogP contribution in [0.25, 0.3) is 0 Å². The van der Waals surface area contributed by atoms with Crippen molar-refractivity contribution in [1.82, 2.24) is 0 Å². The number of fused-ring (bicyclic) bond motifs is 1. The molecule has 1 aliphatic heterocycles. The number of hydrogen-bond acceptors (Lipinski definition) is 4. The molecule has 0 unspecified atom stereocenters. The van der Waals surface area contributed by atoms with Crippen molar-refractivity contribution >= 4 is 5.69 Å². The molecule has 0 atom stereocenters. The van der Waals surface area contributed by atoms with Gasteiger partial charge in [-0.2, -0.15) is 0 Å². The fourth-order valence-corrected chi connectivity index (χ4v) is 2.18. The third-order valence-corrected chi connectivity index (χ3v) is 3.09. The van der Waals surface area contributed by atoms with Gasteiger partial charge < -0.3 is 19.9 Å². The molecule has 1 heterocycles. The molecule has 0 fully saturated rings. The van der Waals surface area contributed by atoms with E-state index in [1.165, 1.54) is 6.07 Å². The van der Waals surface area contributed by atoms with Crippen LogP contribution in [0.3, 0.4) is 0 Å². The zero-order valence-corrected chi connectivity index (χ0v) is 11.1. The molecule has 0 spiro atoms. The zero-order valence-electron chi connectivity index (χ0n) is 11.1. The standard InChI is InChI=1S/C15H13F2NO3/c16-11-1-2-14(13(17)5-11)20-7-10-4-12(18)3-9-6-19-8-21-15(9)10/h1-5H,6-8,18H2. The highest BCUT2D eigenvalue weighted by Gasteiger charge is 2.17. The Morgan fingerprint density at radius 1 is 1.19 bits per heavy atom. The van der Waals surface area contributed by atoms with Gasteiger partial charge in [0.1, 0.15) is 18.2 Å². The smallest absolute Gasteiger partial charge is 0.189 e. The SMILES string of the molecule is Nc1cc2c(c(COc3ccc(F)cc3F)c1)OCOC2. The third kappa shape index (κ3) is 2.90. The van der Waals surface area contributed by atoms with Gasteiger partial charge in [0, 0.05) is 22.9 Å². The molecule has 0 aliphatic carbocycles. The molecule has 0 saturated heterocycles. The van der Waals surface area contributed by atoms with Crippen molar-refractivity contribution in [2.45, 2.75) is 13.2 Å². The first-order chi connectivity index (χ1) is 10.1. The van der Waals surface area contributed by atoms with E-state index in [4.69, 9.17) is 19.9 Å². The van der Waals surface area contributed by atoms with E-state index in [0.717, 1.165) is 17.7 Å². The van der Waals surface area contributed by atoms with Gasteiger partial charge in [-0.25, -0.2) is 8.78 Å². The number of benzene rings is 2. The van der Waals surface area contributed by atoms with E-state index in [1.54, 1.807) is 12.1 Å². The zero-order chi connectivity index (χ0) is 14.8. The summed E-state index contributed by atoms with van der Waals surface area (Å²) in [6.07, 6.45) is 0. The number of halogens is 2. The second-order valence-corrected chi connectivity index (χ2v) is 4.64. The predicted molar refractivity (Wildman–Crippen MR) is 71.8 cm³/mol. The van der Waals surface area contributed by atoms with Gasteiger partial charge in [0.2, 0.25) is 0 Å². The highest BCUT2D eigenvalue weighted by Crippen LogP contribution is 2.32. The normalized spacial score (nSPS) is 13.4. The predicted octanol–water partition coefficient (Wildman–Crippen LogP) is 2.99. The van der Waals surface area contributed by atoms with Gasteiger partial charge in [-0.1, -0.05) is 0 Å². The molecule has 2 N–H and O–H groups in total. The minimum absolute atomic E-state index is 0.0281. The number of nitrogen functional groups attached to an aromatic ring is 1. The second-order valence-electron chi connectivity index (χ2n) is 4.64. The molecule has 3 rings (SSSR count). The summed E-state index contributed by atoms with van der Waals surface area (Å²) in [6.45, 7) is 0.614. The maximum absolute atomic E-state index is 13.5. The number of hydrogen-bond donors (Lipinski definition) is 1. The minimum atomic E-state index is -0.753. The van der Waals surface area contributed by atoms with Crippen LogP contribution in [0.1, 0.15) is 11.1 Å². The molecule has 4 nitrogen and oxygen atoms in total. The average molecular weight is 293 g/mol. The van der Waals surface area contributed by atoms with Crippen molar-refractivity contribution in [3.05, 3.63) is 53.1 Å². The Morgan fingerprint density at radius 2 is 2.05 bits per heavy atom. The fourth-order valence-electron chi connectivity index (χ4n) is 2.18. The fraction of sp³-hybridized carbons (Fsp3) is 0.200. The van der Waals surface area contributed by atoms with Gasteiger partial charge >= 0.3 is 0 Å².